The number of rotatable bonds is 3. The number of benzene rings is 1. The van der Waals surface area contributed by atoms with E-state index in [1.807, 2.05) is 25.1 Å². The lowest BCUT2D eigenvalue weighted by Crippen LogP contribution is -2.05. The topological polar surface area (TPSA) is 63.3 Å². The highest BCUT2D eigenvalue weighted by atomic mass is 16.4. The summed E-state index contributed by atoms with van der Waals surface area (Å²) in [5.41, 5.74) is 7.27. The zero-order valence-electron chi connectivity index (χ0n) is 7.53. The molecule has 0 unspecified atom stereocenters. The van der Waals surface area contributed by atoms with Gasteiger partial charge >= 0.3 is 5.97 Å². The Balaban J connectivity index is 2.82. The smallest absolute Gasteiger partial charge is 0.303 e. The van der Waals surface area contributed by atoms with Crippen molar-refractivity contribution < 1.29 is 9.90 Å². The summed E-state index contributed by atoms with van der Waals surface area (Å²) in [4.78, 5) is 10.5. The first-order valence-corrected chi connectivity index (χ1v) is 4.17. The number of aliphatic carboxylic acids is 1. The molecule has 1 atom stereocenters. The lowest BCUT2D eigenvalue weighted by atomic mass is 9.96. The Morgan fingerprint density at radius 2 is 2.15 bits per heavy atom. The van der Waals surface area contributed by atoms with Crippen molar-refractivity contribution in [2.45, 2.75) is 19.3 Å². The fourth-order valence-electron chi connectivity index (χ4n) is 1.33. The first-order chi connectivity index (χ1) is 6.11. The maximum atomic E-state index is 10.5. The summed E-state index contributed by atoms with van der Waals surface area (Å²) in [5, 5.41) is 8.60. The van der Waals surface area contributed by atoms with E-state index < -0.39 is 5.97 Å². The molecule has 0 heterocycles. The highest BCUT2D eigenvalue weighted by molar-refractivity contribution is 5.68. The molecule has 0 aliphatic rings. The highest BCUT2D eigenvalue weighted by Gasteiger charge is 2.11. The van der Waals surface area contributed by atoms with E-state index in [-0.39, 0.29) is 12.3 Å². The Bertz CT molecular complexity index is 310. The van der Waals surface area contributed by atoms with Crippen molar-refractivity contribution in [2.24, 2.45) is 0 Å². The lowest BCUT2D eigenvalue weighted by molar-refractivity contribution is -0.137. The number of hydrogen-bond acceptors (Lipinski definition) is 2. The van der Waals surface area contributed by atoms with Crippen molar-refractivity contribution >= 4 is 11.7 Å². The molecule has 1 aromatic rings. The summed E-state index contributed by atoms with van der Waals surface area (Å²) < 4.78 is 0. The maximum Gasteiger partial charge on any atom is 0.303 e. The zero-order chi connectivity index (χ0) is 9.84. The van der Waals surface area contributed by atoms with Crippen molar-refractivity contribution in [3.8, 4) is 0 Å². The van der Waals surface area contributed by atoms with Gasteiger partial charge in [-0.2, -0.15) is 0 Å². The second kappa shape index (κ2) is 3.94. The molecule has 0 saturated carbocycles. The van der Waals surface area contributed by atoms with Crippen LogP contribution in [-0.2, 0) is 4.79 Å². The maximum absolute atomic E-state index is 10.5. The van der Waals surface area contributed by atoms with E-state index in [1.165, 1.54) is 0 Å². The van der Waals surface area contributed by atoms with Gasteiger partial charge in [-0.15, -0.1) is 0 Å². The number of hydrogen-bond donors (Lipinski definition) is 2. The first kappa shape index (κ1) is 9.58. The minimum Gasteiger partial charge on any atom is -0.481 e. The number of carboxylic acid groups (broad SMARTS) is 1. The third-order valence-electron chi connectivity index (χ3n) is 2.01. The average Bonchev–Trinajstić information content (AvgIpc) is 2.03. The van der Waals surface area contributed by atoms with Crippen LogP contribution in [0.15, 0.2) is 24.3 Å². The van der Waals surface area contributed by atoms with Gasteiger partial charge in [0.05, 0.1) is 6.42 Å². The molecule has 70 valence electrons. The van der Waals surface area contributed by atoms with Crippen molar-refractivity contribution in [2.75, 3.05) is 5.73 Å². The van der Waals surface area contributed by atoms with Gasteiger partial charge in [-0.25, -0.2) is 0 Å². The minimum absolute atomic E-state index is 0.0290. The van der Waals surface area contributed by atoms with E-state index >= 15 is 0 Å². The van der Waals surface area contributed by atoms with Crippen molar-refractivity contribution in [3.05, 3.63) is 29.8 Å². The summed E-state index contributed by atoms with van der Waals surface area (Å²) in [6, 6.07) is 7.35. The fourth-order valence-corrected chi connectivity index (χ4v) is 1.33. The van der Waals surface area contributed by atoms with Gasteiger partial charge in [0.1, 0.15) is 0 Å². The van der Waals surface area contributed by atoms with E-state index in [0.29, 0.717) is 5.69 Å². The van der Waals surface area contributed by atoms with Crippen LogP contribution >= 0.6 is 0 Å². The van der Waals surface area contributed by atoms with Crippen molar-refractivity contribution in [1.82, 2.24) is 0 Å². The monoisotopic (exact) mass is 179 g/mol. The molecule has 0 fully saturated rings. The van der Waals surface area contributed by atoms with Gasteiger partial charge in [-0.3, -0.25) is 4.79 Å². The number of carboxylic acids is 1. The van der Waals surface area contributed by atoms with Gasteiger partial charge < -0.3 is 10.8 Å². The van der Waals surface area contributed by atoms with Crippen molar-refractivity contribution in [3.63, 3.8) is 0 Å². The highest BCUT2D eigenvalue weighted by Crippen LogP contribution is 2.24. The molecular weight excluding hydrogens is 166 g/mol. The Hall–Kier alpha value is -1.51. The van der Waals surface area contributed by atoms with Crippen LogP contribution in [0.3, 0.4) is 0 Å². The Kier molecular flexibility index (Phi) is 2.90. The predicted molar refractivity (Wildman–Crippen MR) is 51.5 cm³/mol. The van der Waals surface area contributed by atoms with E-state index in [4.69, 9.17) is 10.8 Å². The molecule has 3 N–H and O–H groups in total. The molecule has 0 aliphatic carbocycles. The van der Waals surface area contributed by atoms with Crippen LogP contribution in [0.4, 0.5) is 5.69 Å². The van der Waals surface area contributed by atoms with Crippen LogP contribution in [0.1, 0.15) is 24.8 Å². The molecule has 3 nitrogen and oxygen atoms in total. The Morgan fingerprint density at radius 3 is 2.69 bits per heavy atom. The van der Waals surface area contributed by atoms with Gasteiger partial charge in [-0.1, -0.05) is 25.1 Å². The third kappa shape index (κ3) is 2.47. The molecule has 1 rings (SSSR count). The Morgan fingerprint density at radius 1 is 1.54 bits per heavy atom. The van der Waals surface area contributed by atoms with E-state index in [9.17, 15) is 4.79 Å². The van der Waals surface area contributed by atoms with Crippen molar-refractivity contribution in [1.29, 1.82) is 0 Å². The number of carbonyl (C=O) groups is 1. The van der Waals surface area contributed by atoms with Gasteiger partial charge in [0, 0.05) is 5.69 Å². The van der Waals surface area contributed by atoms with E-state index in [0.717, 1.165) is 5.56 Å². The second-order valence-corrected chi connectivity index (χ2v) is 3.13. The first-order valence-electron chi connectivity index (χ1n) is 4.17. The van der Waals surface area contributed by atoms with E-state index in [1.54, 1.807) is 6.07 Å². The zero-order valence-corrected chi connectivity index (χ0v) is 7.53. The normalized spacial score (nSPS) is 12.4. The summed E-state index contributed by atoms with van der Waals surface area (Å²) >= 11 is 0. The number of para-hydroxylation sites is 1. The SMILES string of the molecule is C[C@H](CC(=O)O)c1ccccc1N. The molecule has 0 bridgehead atoms. The quantitative estimate of drug-likeness (QED) is 0.696. The fraction of sp³-hybridized carbons (Fsp3) is 0.300. The van der Waals surface area contributed by atoms with Gasteiger partial charge in [0.15, 0.2) is 0 Å². The second-order valence-electron chi connectivity index (χ2n) is 3.13. The molecule has 0 aliphatic heterocycles. The lowest BCUT2D eigenvalue weighted by Gasteiger charge is -2.11. The van der Waals surface area contributed by atoms with Gasteiger partial charge in [0.25, 0.3) is 0 Å². The van der Waals surface area contributed by atoms with Gasteiger partial charge in [0.2, 0.25) is 0 Å². The summed E-state index contributed by atoms with van der Waals surface area (Å²) in [6.45, 7) is 1.86. The van der Waals surface area contributed by atoms with Crippen LogP contribution in [0, 0.1) is 0 Å². The number of nitrogens with two attached hydrogens (primary N) is 1. The van der Waals surface area contributed by atoms with Crippen LogP contribution in [0.5, 0.6) is 0 Å². The van der Waals surface area contributed by atoms with Crippen LogP contribution in [0.2, 0.25) is 0 Å². The molecule has 0 saturated heterocycles. The molecular formula is C10H13NO2. The number of anilines is 1. The molecule has 0 amide bonds. The van der Waals surface area contributed by atoms with Crippen LogP contribution < -0.4 is 5.73 Å². The molecule has 13 heavy (non-hydrogen) atoms. The van der Waals surface area contributed by atoms with Crippen LogP contribution in [-0.4, -0.2) is 11.1 Å². The molecule has 1 aromatic carbocycles. The molecule has 0 spiro atoms. The molecule has 0 radical (unpaired) electrons. The van der Waals surface area contributed by atoms with Gasteiger partial charge in [-0.05, 0) is 17.5 Å². The standard InChI is InChI=1S/C10H13NO2/c1-7(6-10(12)13)8-4-2-3-5-9(8)11/h2-5,7H,6,11H2,1H3,(H,12,13)/t7-/m1/s1. The predicted octanol–water partition coefficient (Wildman–Crippen LogP) is 1.85. The Labute approximate surface area is 77.2 Å². The molecule has 0 aromatic heterocycles. The molecule has 3 heteroatoms. The van der Waals surface area contributed by atoms with E-state index in [2.05, 4.69) is 0 Å². The summed E-state index contributed by atoms with van der Waals surface area (Å²) in [5.74, 6) is -0.825. The summed E-state index contributed by atoms with van der Waals surface area (Å²) in [6.07, 6.45) is 0.119. The third-order valence-corrected chi connectivity index (χ3v) is 2.01. The summed E-state index contributed by atoms with van der Waals surface area (Å²) in [7, 11) is 0. The minimum atomic E-state index is -0.796. The largest absolute Gasteiger partial charge is 0.481 e. The average molecular weight is 179 g/mol. The number of nitrogen functional groups attached to an aromatic ring is 1. The van der Waals surface area contributed by atoms with Crippen LogP contribution in [0.25, 0.3) is 0 Å².